The van der Waals surface area contributed by atoms with Crippen molar-refractivity contribution in [1.29, 1.82) is 0 Å². The Morgan fingerprint density at radius 1 is 1.32 bits per heavy atom. The van der Waals surface area contributed by atoms with Gasteiger partial charge in [0.1, 0.15) is 6.10 Å². The van der Waals surface area contributed by atoms with E-state index in [1.807, 2.05) is 21.0 Å². The van der Waals surface area contributed by atoms with Crippen molar-refractivity contribution in [3.63, 3.8) is 0 Å². The molecule has 19 heavy (non-hydrogen) atoms. The van der Waals surface area contributed by atoms with E-state index in [1.165, 1.54) is 11.3 Å². The standard InChI is InChI=1S/C15H24N2O2/c1-5-15(18)19-12(2)10-16-11-13-6-8-14(9-7-13)17(3)4/h6-9,12,16H,5,10-11H2,1-4H3. The number of benzene rings is 1. The maximum absolute atomic E-state index is 11.1. The fraction of sp³-hybridized carbons (Fsp3) is 0.533. The molecule has 0 saturated carbocycles. The molecule has 1 N–H and O–H groups in total. The molecule has 1 aromatic rings. The minimum absolute atomic E-state index is 0.0894. The Labute approximate surface area is 115 Å². The molecule has 1 aromatic carbocycles. The molecular formula is C15H24N2O2. The van der Waals surface area contributed by atoms with Crippen molar-refractivity contribution in [2.24, 2.45) is 0 Å². The van der Waals surface area contributed by atoms with Crippen molar-refractivity contribution >= 4 is 11.7 Å². The van der Waals surface area contributed by atoms with Crippen LogP contribution in [0.15, 0.2) is 24.3 Å². The predicted octanol–water partition coefficient (Wildman–Crippen LogP) is 2.18. The van der Waals surface area contributed by atoms with Crippen molar-refractivity contribution in [2.75, 3.05) is 25.5 Å². The van der Waals surface area contributed by atoms with Gasteiger partial charge in [-0.1, -0.05) is 19.1 Å². The second-order valence-corrected chi connectivity index (χ2v) is 4.85. The highest BCUT2D eigenvalue weighted by Crippen LogP contribution is 2.11. The van der Waals surface area contributed by atoms with Gasteiger partial charge in [-0.25, -0.2) is 0 Å². The number of anilines is 1. The Kier molecular flexibility index (Phi) is 6.36. The molecular weight excluding hydrogens is 240 g/mol. The van der Waals surface area contributed by atoms with Crippen LogP contribution in [0.3, 0.4) is 0 Å². The Balaban J connectivity index is 2.31. The van der Waals surface area contributed by atoms with Crippen molar-refractivity contribution in [3.8, 4) is 0 Å². The minimum Gasteiger partial charge on any atom is -0.461 e. The number of esters is 1. The molecule has 1 unspecified atom stereocenters. The second-order valence-electron chi connectivity index (χ2n) is 4.85. The van der Waals surface area contributed by atoms with Crippen LogP contribution in [0.5, 0.6) is 0 Å². The molecule has 0 spiro atoms. The molecule has 0 aliphatic rings. The average Bonchev–Trinajstić information content (AvgIpc) is 2.39. The van der Waals surface area contributed by atoms with Crippen molar-refractivity contribution in [2.45, 2.75) is 32.9 Å². The lowest BCUT2D eigenvalue weighted by molar-refractivity contribution is -0.147. The SMILES string of the molecule is CCC(=O)OC(C)CNCc1ccc(N(C)C)cc1. The van der Waals surface area contributed by atoms with Gasteiger partial charge in [-0.15, -0.1) is 0 Å². The van der Waals surface area contributed by atoms with Crippen LogP contribution in [0.25, 0.3) is 0 Å². The van der Waals surface area contributed by atoms with Crippen molar-refractivity contribution in [1.82, 2.24) is 5.32 Å². The summed E-state index contributed by atoms with van der Waals surface area (Å²) in [5, 5.41) is 3.29. The van der Waals surface area contributed by atoms with Crippen LogP contribution in [0, 0.1) is 0 Å². The number of hydrogen-bond acceptors (Lipinski definition) is 4. The third kappa shape index (κ3) is 5.75. The van der Waals surface area contributed by atoms with Crippen LogP contribution in [0.2, 0.25) is 0 Å². The zero-order chi connectivity index (χ0) is 14.3. The molecule has 0 fully saturated rings. The van der Waals surface area contributed by atoms with E-state index in [-0.39, 0.29) is 12.1 Å². The summed E-state index contributed by atoms with van der Waals surface area (Å²) in [7, 11) is 4.05. The lowest BCUT2D eigenvalue weighted by atomic mass is 10.2. The summed E-state index contributed by atoms with van der Waals surface area (Å²) in [5.74, 6) is -0.148. The van der Waals surface area contributed by atoms with E-state index >= 15 is 0 Å². The lowest BCUT2D eigenvalue weighted by Gasteiger charge is -2.15. The third-order valence-corrected chi connectivity index (χ3v) is 2.83. The Morgan fingerprint density at radius 2 is 1.95 bits per heavy atom. The first-order chi connectivity index (χ1) is 9.02. The van der Waals surface area contributed by atoms with Crippen LogP contribution in [-0.2, 0) is 16.1 Å². The molecule has 0 aliphatic heterocycles. The molecule has 0 saturated heterocycles. The quantitative estimate of drug-likeness (QED) is 0.767. The first-order valence-electron chi connectivity index (χ1n) is 6.69. The molecule has 1 atom stereocenters. The highest BCUT2D eigenvalue weighted by molar-refractivity contribution is 5.69. The maximum Gasteiger partial charge on any atom is 0.305 e. The normalized spacial score (nSPS) is 12.0. The van der Waals surface area contributed by atoms with Crippen LogP contribution in [0.1, 0.15) is 25.8 Å². The summed E-state index contributed by atoms with van der Waals surface area (Å²) in [4.78, 5) is 13.2. The molecule has 4 nitrogen and oxygen atoms in total. The van der Waals surface area contributed by atoms with E-state index in [0.717, 1.165) is 6.54 Å². The van der Waals surface area contributed by atoms with Crippen molar-refractivity contribution < 1.29 is 9.53 Å². The Morgan fingerprint density at radius 3 is 2.47 bits per heavy atom. The molecule has 4 heteroatoms. The van der Waals surface area contributed by atoms with Gasteiger partial charge in [0.05, 0.1) is 0 Å². The smallest absolute Gasteiger partial charge is 0.305 e. The molecule has 0 radical (unpaired) electrons. The van der Waals surface area contributed by atoms with Gasteiger partial charge in [0.2, 0.25) is 0 Å². The predicted molar refractivity (Wildman–Crippen MR) is 78.3 cm³/mol. The monoisotopic (exact) mass is 264 g/mol. The van der Waals surface area contributed by atoms with Crippen LogP contribution >= 0.6 is 0 Å². The van der Waals surface area contributed by atoms with Gasteiger partial charge >= 0.3 is 5.97 Å². The number of carbonyl (C=O) groups excluding carboxylic acids is 1. The summed E-state index contributed by atoms with van der Waals surface area (Å²) in [6.45, 7) is 5.15. The summed E-state index contributed by atoms with van der Waals surface area (Å²) in [6, 6.07) is 8.39. The number of hydrogen-bond donors (Lipinski definition) is 1. The van der Waals surface area contributed by atoms with Gasteiger partial charge in [-0.05, 0) is 24.6 Å². The van der Waals surface area contributed by atoms with E-state index in [9.17, 15) is 4.79 Å². The number of rotatable bonds is 7. The number of nitrogens with one attached hydrogen (secondary N) is 1. The van der Waals surface area contributed by atoms with Crippen LogP contribution in [0.4, 0.5) is 5.69 Å². The number of nitrogens with zero attached hydrogens (tertiary/aromatic N) is 1. The lowest BCUT2D eigenvalue weighted by Crippen LogP contribution is -2.28. The summed E-state index contributed by atoms with van der Waals surface area (Å²) in [6.07, 6.45) is 0.338. The molecule has 0 aliphatic carbocycles. The number of ether oxygens (including phenoxy) is 1. The van der Waals surface area contributed by atoms with Gasteiger partial charge in [-0.2, -0.15) is 0 Å². The molecule has 0 aromatic heterocycles. The minimum atomic E-state index is -0.148. The van der Waals surface area contributed by atoms with Crippen LogP contribution in [-0.4, -0.2) is 32.7 Å². The second kappa shape index (κ2) is 7.79. The summed E-state index contributed by atoms with van der Waals surface area (Å²) >= 11 is 0. The van der Waals surface area contributed by atoms with E-state index in [2.05, 4.69) is 34.5 Å². The van der Waals surface area contributed by atoms with Gasteiger partial charge in [0, 0.05) is 39.3 Å². The van der Waals surface area contributed by atoms with Crippen molar-refractivity contribution in [3.05, 3.63) is 29.8 Å². The van der Waals surface area contributed by atoms with E-state index < -0.39 is 0 Å². The first-order valence-corrected chi connectivity index (χ1v) is 6.69. The fourth-order valence-corrected chi connectivity index (χ4v) is 1.68. The maximum atomic E-state index is 11.1. The van der Waals surface area contributed by atoms with Gasteiger partial charge < -0.3 is 15.0 Å². The first kappa shape index (κ1) is 15.5. The summed E-state index contributed by atoms with van der Waals surface area (Å²) < 4.78 is 5.18. The zero-order valence-electron chi connectivity index (χ0n) is 12.3. The van der Waals surface area contributed by atoms with Gasteiger partial charge in [0.25, 0.3) is 0 Å². The highest BCUT2D eigenvalue weighted by atomic mass is 16.5. The van der Waals surface area contributed by atoms with Gasteiger partial charge in [-0.3, -0.25) is 4.79 Å². The molecule has 106 valence electrons. The molecule has 0 bridgehead atoms. The highest BCUT2D eigenvalue weighted by Gasteiger charge is 2.06. The summed E-state index contributed by atoms with van der Waals surface area (Å²) in [5.41, 5.74) is 2.41. The van der Waals surface area contributed by atoms with Crippen LogP contribution < -0.4 is 10.2 Å². The third-order valence-electron chi connectivity index (χ3n) is 2.83. The fourth-order valence-electron chi connectivity index (χ4n) is 1.68. The zero-order valence-corrected chi connectivity index (χ0v) is 12.3. The van der Waals surface area contributed by atoms with E-state index in [0.29, 0.717) is 13.0 Å². The average molecular weight is 264 g/mol. The number of carbonyl (C=O) groups is 1. The Bertz CT molecular complexity index is 388. The topological polar surface area (TPSA) is 41.6 Å². The molecule has 0 amide bonds. The van der Waals surface area contributed by atoms with E-state index in [1.54, 1.807) is 6.92 Å². The van der Waals surface area contributed by atoms with E-state index in [4.69, 9.17) is 4.74 Å². The molecule has 1 rings (SSSR count). The van der Waals surface area contributed by atoms with Gasteiger partial charge in [0.15, 0.2) is 0 Å². The molecule has 0 heterocycles. The largest absolute Gasteiger partial charge is 0.461 e. The Hall–Kier alpha value is -1.55.